The van der Waals surface area contributed by atoms with E-state index in [9.17, 15) is 4.79 Å². The monoisotopic (exact) mass is 296 g/mol. The molecular weight excluding hydrogens is 276 g/mol. The number of carbonyl (C=O) groups excluding carboxylic acids is 1. The molecule has 0 aromatic carbocycles. The summed E-state index contributed by atoms with van der Waals surface area (Å²) in [5, 5.41) is 4.98. The average molecular weight is 296 g/mol. The van der Waals surface area contributed by atoms with Crippen molar-refractivity contribution in [2.75, 3.05) is 26.3 Å². The van der Waals surface area contributed by atoms with Crippen LogP contribution in [0.3, 0.4) is 0 Å². The van der Waals surface area contributed by atoms with E-state index < -0.39 is 5.79 Å². The molecule has 2 fully saturated rings. The molecule has 1 aromatic heterocycles. The predicted molar refractivity (Wildman–Crippen MR) is 76.6 cm³/mol. The van der Waals surface area contributed by atoms with Gasteiger partial charge in [0.2, 0.25) is 0 Å². The zero-order valence-corrected chi connectivity index (χ0v) is 12.3. The molecule has 110 valence electrons. The summed E-state index contributed by atoms with van der Waals surface area (Å²) in [5.74, 6) is -0.428. The van der Waals surface area contributed by atoms with Gasteiger partial charge in [-0.05, 0) is 17.9 Å². The highest BCUT2D eigenvalue weighted by Gasteiger charge is 2.39. The fourth-order valence-electron chi connectivity index (χ4n) is 2.64. The maximum atomic E-state index is 12.1. The molecule has 0 atom stereocenters. The van der Waals surface area contributed by atoms with Gasteiger partial charge >= 0.3 is 6.03 Å². The first-order valence-electron chi connectivity index (χ1n) is 7.11. The third-order valence-corrected chi connectivity index (χ3v) is 4.70. The van der Waals surface area contributed by atoms with Crippen molar-refractivity contribution in [3.8, 4) is 0 Å². The fourth-order valence-corrected chi connectivity index (χ4v) is 3.29. The second kappa shape index (κ2) is 6.11. The summed E-state index contributed by atoms with van der Waals surface area (Å²) >= 11 is 1.66. The van der Waals surface area contributed by atoms with Crippen LogP contribution in [-0.2, 0) is 16.0 Å². The van der Waals surface area contributed by atoms with Gasteiger partial charge < -0.3 is 19.7 Å². The van der Waals surface area contributed by atoms with E-state index in [1.165, 1.54) is 4.88 Å². The van der Waals surface area contributed by atoms with Gasteiger partial charge in [0.05, 0.1) is 19.8 Å². The van der Waals surface area contributed by atoms with Gasteiger partial charge in [0.25, 0.3) is 0 Å². The molecule has 2 saturated heterocycles. The lowest BCUT2D eigenvalue weighted by molar-refractivity contribution is -0.281. The van der Waals surface area contributed by atoms with Crippen LogP contribution in [0.2, 0.25) is 0 Å². The van der Waals surface area contributed by atoms with Gasteiger partial charge in [-0.2, -0.15) is 0 Å². The minimum absolute atomic E-state index is 0.00376. The van der Waals surface area contributed by atoms with Gasteiger partial charge in [0, 0.05) is 30.8 Å². The summed E-state index contributed by atoms with van der Waals surface area (Å²) in [6, 6.07) is 4.03. The topological polar surface area (TPSA) is 50.8 Å². The highest BCUT2D eigenvalue weighted by Crippen LogP contribution is 2.30. The zero-order valence-electron chi connectivity index (χ0n) is 11.5. The molecule has 3 heterocycles. The normalized spacial score (nSPS) is 21.9. The van der Waals surface area contributed by atoms with Crippen molar-refractivity contribution >= 4 is 17.4 Å². The third-order valence-electron chi connectivity index (χ3n) is 3.83. The number of rotatable bonds is 2. The Kier molecular flexibility index (Phi) is 4.24. The summed E-state index contributed by atoms with van der Waals surface area (Å²) < 4.78 is 11.5. The number of urea groups is 1. The van der Waals surface area contributed by atoms with Crippen LogP contribution in [0.15, 0.2) is 17.5 Å². The molecule has 0 aliphatic carbocycles. The summed E-state index contributed by atoms with van der Waals surface area (Å²) in [6.07, 6.45) is 2.49. The summed E-state index contributed by atoms with van der Waals surface area (Å²) in [7, 11) is 0. The van der Waals surface area contributed by atoms with Crippen LogP contribution in [0.1, 0.15) is 24.1 Å². The number of ether oxygens (including phenoxy) is 2. The molecule has 5 nitrogen and oxygen atoms in total. The molecule has 2 aliphatic heterocycles. The molecular formula is C14H20N2O3S. The Morgan fingerprint density at radius 2 is 2.10 bits per heavy atom. The molecule has 3 rings (SSSR count). The average Bonchev–Trinajstić information content (AvgIpc) is 3.00. The van der Waals surface area contributed by atoms with Gasteiger partial charge in [-0.25, -0.2) is 4.79 Å². The molecule has 20 heavy (non-hydrogen) atoms. The lowest BCUT2D eigenvalue weighted by Gasteiger charge is -2.43. The summed E-state index contributed by atoms with van der Waals surface area (Å²) in [6.45, 7) is 3.52. The Bertz CT molecular complexity index is 433. The lowest BCUT2D eigenvalue weighted by atomic mass is 10.0. The number of carbonyl (C=O) groups is 1. The Morgan fingerprint density at radius 1 is 1.35 bits per heavy atom. The van der Waals surface area contributed by atoms with E-state index >= 15 is 0 Å². The first kappa shape index (κ1) is 13.9. The van der Waals surface area contributed by atoms with Crippen LogP contribution in [0.25, 0.3) is 0 Å². The molecule has 0 bridgehead atoms. The second-order valence-electron chi connectivity index (χ2n) is 5.19. The minimum Gasteiger partial charge on any atom is -0.350 e. The Balaban J connectivity index is 1.46. The van der Waals surface area contributed by atoms with Gasteiger partial charge in [-0.15, -0.1) is 11.3 Å². The quantitative estimate of drug-likeness (QED) is 0.910. The maximum absolute atomic E-state index is 12.1. The van der Waals surface area contributed by atoms with Crippen molar-refractivity contribution < 1.29 is 14.3 Å². The third kappa shape index (κ3) is 3.13. The molecule has 2 amide bonds. The number of likely N-dealkylation sites (tertiary alicyclic amines) is 1. The van der Waals surface area contributed by atoms with Crippen molar-refractivity contribution in [1.29, 1.82) is 0 Å². The highest BCUT2D eigenvalue weighted by atomic mass is 32.1. The van der Waals surface area contributed by atoms with Crippen molar-refractivity contribution in [2.45, 2.75) is 31.6 Å². The van der Waals surface area contributed by atoms with Crippen molar-refractivity contribution in [3.63, 3.8) is 0 Å². The van der Waals surface area contributed by atoms with E-state index in [4.69, 9.17) is 9.47 Å². The van der Waals surface area contributed by atoms with E-state index in [1.54, 1.807) is 11.3 Å². The SMILES string of the molecule is O=C(NCc1cccs1)N1CCC2(CC1)OCCCO2. The Labute approximate surface area is 122 Å². The zero-order chi connectivity index (χ0) is 13.8. The van der Waals surface area contributed by atoms with E-state index in [1.807, 2.05) is 22.4 Å². The van der Waals surface area contributed by atoms with Crippen LogP contribution in [-0.4, -0.2) is 43.0 Å². The first-order valence-corrected chi connectivity index (χ1v) is 7.98. The predicted octanol–water partition coefficient (Wildman–Crippen LogP) is 2.19. The van der Waals surface area contributed by atoms with Gasteiger partial charge in [-0.1, -0.05) is 6.07 Å². The number of nitrogens with zero attached hydrogens (tertiary/aromatic N) is 1. The smallest absolute Gasteiger partial charge is 0.317 e. The van der Waals surface area contributed by atoms with Gasteiger partial charge in [0.15, 0.2) is 5.79 Å². The molecule has 1 spiro atoms. The molecule has 0 unspecified atom stereocenters. The fraction of sp³-hybridized carbons (Fsp3) is 0.643. The van der Waals surface area contributed by atoms with Crippen LogP contribution in [0.4, 0.5) is 4.79 Å². The number of hydrogen-bond acceptors (Lipinski definition) is 4. The molecule has 1 N–H and O–H groups in total. The highest BCUT2D eigenvalue weighted by molar-refractivity contribution is 7.09. The minimum atomic E-state index is -0.428. The Hall–Kier alpha value is -1.11. The van der Waals surface area contributed by atoms with E-state index in [2.05, 4.69) is 5.32 Å². The van der Waals surface area contributed by atoms with E-state index in [0.717, 1.165) is 32.5 Å². The van der Waals surface area contributed by atoms with Crippen LogP contribution in [0, 0.1) is 0 Å². The van der Waals surface area contributed by atoms with Crippen LogP contribution >= 0.6 is 11.3 Å². The number of hydrogen-bond donors (Lipinski definition) is 1. The van der Waals surface area contributed by atoms with Crippen molar-refractivity contribution in [3.05, 3.63) is 22.4 Å². The molecule has 0 radical (unpaired) electrons. The maximum Gasteiger partial charge on any atom is 0.317 e. The van der Waals surface area contributed by atoms with Crippen LogP contribution in [0.5, 0.6) is 0 Å². The number of nitrogens with one attached hydrogen (secondary N) is 1. The lowest BCUT2D eigenvalue weighted by Crippen LogP contribution is -2.53. The molecule has 6 heteroatoms. The number of thiophene rings is 1. The van der Waals surface area contributed by atoms with E-state index in [-0.39, 0.29) is 6.03 Å². The number of amides is 2. The molecule has 1 aromatic rings. The van der Waals surface area contributed by atoms with Gasteiger partial charge in [-0.3, -0.25) is 0 Å². The van der Waals surface area contributed by atoms with Gasteiger partial charge in [0.1, 0.15) is 0 Å². The standard InChI is InChI=1S/C14H20N2O3S/c17-13(15-11-12-3-1-10-20-12)16-6-4-14(5-7-16)18-8-2-9-19-14/h1,3,10H,2,4-9,11H2,(H,15,17). The first-order chi connectivity index (χ1) is 9.77. The summed E-state index contributed by atoms with van der Waals surface area (Å²) in [5.41, 5.74) is 0. The van der Waals surface area contributed by atoms with Crippen molar-refractivity contribution in [2.24, 2.45) is 0 Å². The van der Waals surface area contributed by atoms with Crippen molar-refractivity contribution in [1.82, 2.24) is 10.2 Å². The largest absolute Gasteiger partial charge is 0.350 e. The molecule has 2 aliphatic rings. The second-order valence-corrected chi connectivity index (χ2v) is 6.22. The van der Waals surface area contributed by atoms with E-state index in [0.29, 0.717) is 19.6 Å². The molecule has 0 saturated carbocycles. The summed E-state index contributed by atoms with van der Waals surface area (Å²) in [4.78, 5) is 15.1. The Morgan fingerprint density at radius 3 is 2.75 bits per heavy atom. The number of piperidine rings is 1. The van der Waals surface area contributed by atoms with Crippen LogP contribution < -0.4 is 5.32 Å².